The molecule has 1 aromatic carbocycles. The number of rotatable bonds is 8. The van der Waals surface area contributed by atoms with Crippen LogP contribution in [0.25, 0.3) is 0 Å². The first-order valence-electron chi connectivity index (χ1n) is 8.41. The second-order valence-electron chi connectivity index (χ2n) is 6.46. The van der Waals surface area contributed by atoms with Crippen molar-refractivity contribution >= 4 is 15.9 Å². The van der Waals surface area contributed by atoms with E-state index in [0.29, 0.717) is 36.5 Å². The Labute approximate surface area is 153 Å². The van der Waals surface area contributed by atoms with E-state index in [1.807, 2.05) is 13.8 Å². The van der Waals surface area contributed by atoms with Gasteiger partial charge in [0.2, 0.25) is 21.8 Å². The number of nitrogens with two attached hydrogens (primary N) is 1. The lowest BCUT2D eigenvalue weighted by molar-refractivity contribution is -0.121. The molecule has 1 atom stereocenters. The van der Waals surface area contributed by atoms with E-state index in [2.05, 4.69) is 15.5 Å². The van der Waals surface area contributed by atoms with Crippen LogP contribution in [-0.4, -0.2) is 24.5 Å². The fourth-order valence-electron chi connectivity index (χ4n) is 2.36. The molecule has 26 heavy (non-hydrogen) atoms. The highest BCUT2D eigenvalue weighted by Crippen LogP contribution is 2.17. The summed E-state index contributed by atoms with van der Waals surface area (Å²) in [4.78, 5) is 16.4. The van der Waals surface area contributed by atoms with Crippen LogP contribution >= 0.6 is 0 Å². The Kier molecular flexibility index (Phi) is 6.49. The Morgan fingerprint density at radius 1 is 1.31 bits per heavy atom. The van der Waals surface area contributed by atoms with Crippen molar-refractivity contribution in [2.45, 2.75) is 56.9 Å². The molecule has 0 fully saturated rings. The van der Waals surface area contributed by atoms with Gasteiger partial charge in [-0.25, -0.2) is 13.6 Å². The zero-order valence-corrected chi connectivity index (χ0v) is 15.9. The quantitative estimate of drug-likeness (QED) is 0.721. The number of carbonyl (C=O) groups is 1. The lowest BCUT2D eigenvalue weighted by Gasteiger charge is -2.15. The van der Waals surface area contributed by atoms with Crippen LogP contribution in [0.4, 0.5) is 0 Å². The van der Waals surface area contributed by atoms with Crippen molar-refractivity contribution in [3.05, 3.63) is 41.5 Å². The lowest BCUT2D eigenvalue weighted by atomic mass is 10.1. The summed E-state index contributed by atoms with van der Waals surface area (Å²) in [5.41, 5.74) is 0.670. The molecular formula is C17H24N4O4S. The van der Waals surface area contributed by atoms with Crippen molar-refractivity contribution in [2.24, 2.45) is 5.14 Å². The number of aryl methyl sites for hydroxylation is 1. The largest absolute Gasteiger partial charge is 0.350 e. The molecule has 1 amide bonds. The van der Waals surface area contributed by atoms with Gasteiger partial charge in [0.1, 0.15) is 0 Å². The Balaban J connectivity index is 1.85. The van der Waals surface area contributed by atoms with E-state index in [-0.39, 0.29) is 22.8 Å². The zero-order valence-electron chi connectivity index (χ0n) is 15.1. The Morgan fingerprint density at radius 3 is 2.65 bits per heavy atom. The summed E-state index contributed by atoms with van der Waals surface area (Å²) in [6.07, 6.45) is 1.41. The summed E-state index contributed by atoms with van der Waals surface area (Å²) in [6, 6.07) is 5.89. The summed E-state index contributed by atoms with van der Waals surface area (Å²) >= 11 is 0. The van der Waals surface area contributed by atoms with Crippen molar-refractivity contribution in [3.63, 3.8) is 0 Å². The summed E-state index contributed by atoms with van der Waals surface area (Å²) < 4.78 is 28.0. The third kappa shape index (κ3) is 5.63. The molecule has 0 radical (unpaired) electrons. The van der Waals surface area contributed by atoms with Crippen molar-refractivity contribution < 1.29 is 17.7 Å². The van der Waals surface area contributed by atoms with E-state index in [4.69, 9.17) is 9.66 Å². The van der Waals surface area contributed by atoms with E-state index in [1.165, 1.54) is 12.1 Å². The van der Waals surface area contributed by atoms with Gasteiger partial charge >= 0.3 is 0 Å². The molecule has 0 saturated heterocycles. The molecule has 2 rings (SSSR count). The predicted octanol–water partition coefficient (Wildman–Crippen LogP) is 2.04. The van der Waals surface area contributed by atoms with E-state index >= 15 is 0 Å². The van der Waals surface area contributed by atoms with Gasteiger partial charge in [0.05, 0.1) is 10.9 Å². The molecule has 0 spiro atoms. The van der Waals surface area contributed by atoms with Gasteiger partial charge in [0.15, 0.2) is 5.82 Å². The highest BCUT2D eigenvalue weighted by atomic mass is 32.2. The number of hydrogen-bond donors (Lipinski definition) is 2. The van der Waals surface area contributed by atoms with Crippen molar-refractivity contribution in [1.82, 2.24) is 15.5 Å². The van der Waals surface area contributed by atoms with Gasteiger partial charge in [-0.1, -0.05) is 31.1 Å². The van der Waals surface area contributed by atoms with Crippen LogP contribution in [0.15, 0.2) is 33.7 Å². The van der Waals surface area contributed by atoms with Gasteiger partial charge in [0, 0.05) is 18.8 Å². The topological polar surface area (TPSA) is 128 Å². The van der Waals surface area contributed by atoms with Crippen LogP contribution in [-0.2, 0) is 21.2 Å². The molecule has 8 nitrogen and oxygen atoms in total. The lowest BCUT2D eigenvalue weighted by Crippen LogP contribution is -2.26. The molecular weight excluding hydrogens is 356 g/mol. The van der Waals surface area contributed by atoms with E-state index < -0.39 is 10.0 Å². The second kappa shape index (κ2) is 8.41. The maximum atomic E-state index is 12.1. The number of amides is 1. The molecule has 9 heteroatoms. The average Bonchev–Trinajstić information content (AvgIpc) is 3.03. The highest BCUT2D eigenvalue weighted by molar-refractivity contribution is 7.89. The van der Waals surface area contributed by atoms with E-state index in [1.54, 1.807) is 19.1 Å². The maximum absolute atomic E-state index is 12.1. The summed E-state index contributed by atoms with van der Waals surface area (Å²) in [6.45, 7) is 5.75. The van der Waals surface area contributed by atoms with Crippen LogP contribution < -0.4 is 10.5 Å². The number of sulfonamides is 1. The van der Waals surface area contributed by atoms with Gasteiger partial charge < -0.3 is 9.84 Å². The Hall–Kier alpha value is -2.26. The molecule has 0 aliphatic carbocycles. The van der Waals surface area contributed by atoms with Crippen LogP contribution in [0.3, 0.4) is 0 Å². The van der Waals surface area contributed by atoms with Gasteiger partial charge in [0.25, 0.3) is 0 Å². The molecule has 2 aromatic rings. The third-order valence-corrected chi connectivity index (χ3v) is 4.77. The first kappa shape index (κ1) is 20.1. The number of aromatic nitrogens is 2. The first-order chi connectivity index (χ1) is 12.2. The number of primary sulfonamides is 1. The number of benzene rings is 1. The predicted molar refractivity (Wildman–Crippen MR) is 95.7 cm³/mol. The number of nitrogens with one attached hydrogen (secondary N) is 1. The standard InChI is InChI=1S/C17H24N4O4S/c1-11(2)17-20-16(25-21-17)9-5-8-15(22)19-12(3)13-6-4-7-14(10-13)26(18,23)24/h4,6-7,10-12H,5,8-9H2,1-3H3,(H,19,22)(H2,18,23,24). The molecule has 0 bridgehead atoms. The smallest absolute Gasteiger partial charge is 0.238 e. The summed E-state index contributed by atoms with van der Waals surface area (Å²) in [5, 5.41) is 11.9. The van der Waals surface area contributed by atoms with Gasteiger partial charge in [-0.15, -0.1) is 0 Å². The fraction of sp³-hybridized carbons (Fsp3) is 0.471. The number of carbonyl (C=O) groups excluding carboxylic acids is 1. The van der Waals surface area contributed by atoms with Gasteiger partial charge in [-0.05, 0) is 31.0 Å². The molecule has 0 aliphatic heterocycles. The SMILES string of the molecule is CC(C)c1noc(CCCC(=O)NC(C)c2cccc(S(N)(=O)=O)c2)n1. The molecule has 1 aromatic heterocycles. The Bertz CT molecular complexity index is 861. The average molecular weight is 380 g/mol. The van der Waals surface area contributed by atoms with Crippen LogP contribution in [0.5, 0.6) is 0 Å². The van der Waals surface area contributed by atoms with Crippen LogP contribution in [0, 0.1) is 0 Å². The molecule has 0 saturated carbocycles. The van der Waals surface area contributed by atoms with Gasteiger partial charge in [-0.2, -0.15) is 4.98 Å². The molecule has 1 unspecified atom stereocenters. The Morgan fingerprint density at radius 2 is 2.04 bits per heavy atom. The van der Waals surface area contributed by atoms with Gasteiger partial charge in [-0.3, -0.25) is 4.79 Å². The number of nitrogens with zero attached hydrogens (tertiary/aromatic N) is 2. The minimum atomic E-state index is -3.77. The van der Waals surface area contributed by atoms with E-state index in [0.717, 1.165) is 0 Å². The van der Waals surface area contributed by atoms with Crippen molar-refractivity contribution in [1.29, 1.82) is 0 Å². The third-order valence-electron chi connectivity index (χ3n) is 3.86. The monoisotopic (exact) mass is 380 g/mol. The summed E-state index contributed by atoms with van der Waals surface area (Å²) in [5.74, 6) is 1.25. The normalized spacial score (nSPS) is 13.0. The van der Waals surface area contributed by atoms with E-state index in [9.17, 15) is 13.2 Å². The van der Waals surface area contributed by atoms with Crippen LogP contribution in [0.1, 0.15) is 62.9 Å². The molecule has 3 N–H and O–H groups in total. The second-order valence-corrected chi connectivity index (χ2v) is 8.02. The van der Waals surface area contributed by atoms with Crippen LogP contribution in [0.2, 0.25) is 0 Å². The minimum absolute atomic E-state index is 0.0217. The molecule has 0 aliphatic rings. The first-order valence-corrected chi connectivity index (χ1v) is 9.96. The summed E-state index contributed by atoms with van der Waals surface area (Å²) in [7, 11) is -3.77. The van der Waals surface area contributed by atoms with Crippen molar-refractivity contribution in [2.75, 3.05) is 0 Å². The highest BCUT2D eigenvalue weighted by Gasteiger charge is 2.14. The molecule has 1 heterocycles. The number of hydrogen-bond acceptors (Lipinski definition) is 6. The fourth-order valence-corrected chi connectivity index (χ4v) is 2.93. The molecule has 142 valence electrons. The minimum Gasteiger partial charge on any atom is -0.350 e. The maximum Gasteiger partial charge on any atom is 0.238 e. The van der Waals surface area contributed by atoms with Crippen molar-refractivity contribution in [3.8, 4) is 0 Å². The zero-order chi connectivity index (χ0) is 19.3.